The molecule has 0 spiro atoms. The molecule has 1 heterocycles. The number of nitrogens with zero attached hydrogens (tertiary/aromatic N) is 1. The third kappa shape index (κ3) is 5.75. The van der Waals surface area contributed by atoms with E-state index in [1.165, 1.54) is 6.42 Å². The number of benzene rings is 1. The lowest BCUT2D eigenvalue weighted by atomic mass is 9.97. The van der Waals surface area contributed by atoms with Crippen LogP contribution in [0.15, 0.2) is 24.3 Å². The predicted octanol–water partition coefficient (Wildman–Crippen LogP) is 3.77. The average Bonchev–Trinajstić information content (AvgIpc) is 2.63. The molecule has 1 fully saturated rings. The molecule has 2 unspecified atom stereocenters. The van der Waals surface area contributed by atoms with E-state index < -0.39 is 0 Å². The quantitative estimate of drug-likeness (QED) is 0.718. The molecule has 1 aliphatic rings. The van der Waals surface area contributed by atoms with E-state index in [1.54, 1.807) is 24.3 Å². The minimum absolute atomic E-state index is 0.0300. The fourth-order valence-electron chi connectivity index (χ4n) is 3.51. The molecule has 0 bridgehead atoms. The number of likely N-dealkylation sites (tertiary alicyclic amines) is 1. The molecule has 0 aromatic heterocycles. The van der Waals surface area contributed by atoms with Gasteiger partial charge in [0.25, 0.3) is 11.8 Å². The maximum Gasteiger partial charge on any atom is 0.260 e. The van der Waals surface area contributed by atoms with Crippen molar-refractivity contribution in [3.05, 3.63) is 29.8 Å². The molecular weight excluding hydrogens is 328 g/mol. The fourth-order valence-corrected chi connectivity index (χ4v) is 3.51. The second kappa shape index (κ2) is 10.2. The smallest absolute Gasteiger partial charge is 0.260 e. The first-order chi connectivity index (χ1) is 12.5. The second-order valence-corrected chi connectivity index (χ2v) is 7.21. The lowest BCUT2D eigenvalue weighted by Gasteiger charge is -2.38. The number of rotatable bonds is 8. The van der Waals surface area contributed by atoms with Gasteiger partial charge in [-0.3, -0.25) is 9.59 Å². The van der Waals surface area contributed by atoms with Gasteiger partial charge < -0.3 is 15.0 Å². The van der Waals surface area contributed by atoms with Gasteiger partial charge in [0.2, 0.25) is 0 Å². The van der Waals surface area contributed by atoms with Gasteiger partial charge in [0, 0.05) is 24.2 Å². The molecule has 1 N–H and O–H groups in total. The number of ether oxygens (including phenoxy) is 1. The zero-order chi connectivity index (χ0) is 18.9. The van der Waals surface area contributed by atoms with Crippen LogP contribution in [0.4, 0.5) is 0 Å². The van der Waals surface area contributed by atoms with Crippen LogP contribution in [0.5, 0.6) is 5.75 Å². The van der Waals surface area contributed by atoms with Crippen molar-refractivity contribution >= 4 is 11.8 Å². The normalized spacial score (nSPS) is 19.9. The molecule has 0 radical (unpaired) electrons. The lowest BCUT2D eigenvalue weighted by molar-refractivity contribution is -0.139. The van der Waals surface area contributed by atoms with Crippen LogP contribution < -0.4 is 10.1 Å². The Kier molecular flexibility index (Phi) is 7.95. The molecular formula is C21H32N2O3. The van der Waals surface area contributed by atoms with E-state index in [0.717, 1.165) is 32.1 Å². The molecule has 5 nitrogen and oxygen atoms in total. The number of piperidine rings is 1. The summed E-state index contributed by atoms with van der Waals surface area (Å²) in [5.41, 5.74) is 0.610. The number of carbonyl (C=O) groups is 2. The van der Waals surface area contributed by atoms with Crippen molar-refractivity contribution in [1.29, 1.82) is 0 Å². The van der Waals surface area contributed by atoms with E-state index in [1.807, 2.05) is 4.90 Å². The van der Waals surface area contributed by atoms with Gasteiger partial charge in [-0.25, -0.2) is 0 Å². The number of carbonyl (C=O) groups excluding carboxylic acids is 2. The van der Waals surface area contributed by atoms with Crippen molar-refractivity contribution in [2.75, 3.05) is 13.2 Å². The summed E-state index contributed by atoms with van der Waals surface area (Å²) in [4.78, 5) is 26.5. The Morgan fingerprint density at radius 1 is 1.12 bits per heavy atom. The molecule has 2 amide bonds. The van der Waals surface area contributed by atoms with Gasteiger partial charge in [-0.1, -0.05) is 19.8 Å². The number of unbranched alkanes of at least 4 members (excludes halogenated alkanes) is 2. The van der Waals surface area contributed by atoms with Crippen LogP contribution in [0.1, 0.15) is 69.7 Å². The van der Waals surface area contributed by atoms with Crippen molar-refractivity contribution in [2.45, 2.75) is 71.4 Å². The molecule has 26 heavy (non-hydrogen) atoms. The van der Waals surface area contributed by atoms with E-state index in [4.69, 9.17) is 4.74 Å². The molecule has 144 valence electrons. The van der Waals surface area contributed by atoms with Gasteiger partial charge in [0.1, 0.15) is 5.75 Å². The number of amides is 2. The third-order valence-electron chi connectivity index (χ3n) is 5.03. The van der Waals surface area contributed by atoms with E-state index in [2.05, 4.69) is 26.1 Å². The predicted molar refractivity (Wildman–Crippen MR) is 103 cm³/mol. The van der Waals surface area contributed by atoms with Gasteiger partial charge >= 0.3 is 0 Å². The van der Waals surface area contributed by atoms with Gasteiger partial charge in [0.15, 0.2) is 6.61 Å². The zero-order valence-electron chi connectivity index (χ0n) is 16.3. The summed E-state index contributed by atoms with van der Waals surface area (Å²) in [5.74, 6) is 0.570. The Bertz CT molecular complexity index is 575. The monoisotopic (exact) mass is 360 g/mol. The first-order valence-electron chi connectivity index (χ1n) is 9.85. The molecule has 1 saturated heterocycles. The third-order valence-corrected chi connectivity index (χ3v) is 5.03. The zero-order valence-corrected chi connectivity index (χ0v) is 16.3. The Hall–Kier alpha value is -2.04. The number of hydrogen-bond donors (Lipinski definition) is 1. The number of nitrogens with one attached hydrogen (secondary N) is 1. The molecule has 1 aliphatic heterocycles. The van der Waals surface area contributed by atoms with Crippen LogP contribution in [0, 0.1) is 0 Å². The van der Waals surface area contributed by atoms with Gasteiger partial charge in [-0.15, -0.1) is 0 Å². The standard InChI is InChI=1S/C21H32N2O3/c1-4-5-6-14-22-21(25)18-10-12-19(13-11-18)26-15-20(24)23-16(2)8-7-9-17(23)3/h10-13,16-17H,4-9,14-15H2,1-3H3,(H,22,25). The van der Waals surface area contributed by atoms with Crippen molar-refractivity contribution in [3.63, 3.8) is 0 Å². The maximum absolute atomic E-state index is 12.5. The summed E-state index contributed by atoms with van der Waals surface area (Å²) in [6.07, 6.45) is 6.54. The molecule has 1 aromatic carbocycles. The van der Waals surface area contributed by atoms with Crippen molar-refractivity contribution < 1.29 is 14.3 Å². The molecule has 2 atom stereocenters. The largest absolute Gasteiger partial charge is 0.484 e. The van der Waals surface area contributed by atoms with E-state index >= 15 is 0 Å². The van der Waals surface area contributed by atoms with Crippen LogP contribution in [0.25, 0.3) is 0 Å². The summed E-state index contributed by atoms with van der Waals surface area (Å²) >= 11 is 0. The van der Waals surface area contributed by atoms with Gasteiger partial charge in [-0.05, 0) is 63.8 Å². The molecule has 5 heteroatoms. The molecule has 2 rings (SSSR count). The summed E-state index contributed by atoms with van der Waals surface area (Å²) in [7, 11) is 0. The molecule has 1 aromatic rings. The highest BCUT2D eigenvalue weighted by molar-refractivity contribution is 5.94. The van der Waals surface area contributed by atoms with Gasteiger partial charge in [-0.2, -0.15) is 0 Å². The van der Waals surface area contributed by atoms with Gasteiger partial charge in [0.05, 0.1) is 0 Å². The summed E-state index contributed by atoms with van der Waals surface area (Å²) in [6.45, 7) is 7.07. The highest BCUT2D eigenvalue weighted by Crippen LogP contribution is 2.23. The Morgan fingerprint density at radius 3 is 2.38 bits per heavy atom. The van der Waals surface area contributed by atoms with Crippen LogP contribution in [0.2, 0.25) is 0 Å². The van der Waals surface area contributed by atoms with Crippen LogP contribution in [0.3, 0.4) is 0 Å². The SMILES string of the molecule is CCCCCNC(=O)c1ccc(OCC(=O)N2C(C)CCCC2C)cc1. The van der Waals surface area contributed by atoms with Crippen LogP contribution in [-0.4, -0.2) is 41.9 Å². The van der Waals surface area contributed by atoms with Crippen LogP contribution in [-0.2, 0) is 4.79 Å². The number of hydrogen-bond acceptors (Lipinski definition) is 3. The van der Waals surface area contributed by atoms with Crippen molar-refractivity contribution in [1.82, 2.24) is 10.2 Å². The highest BCUT2D eigenvalue weighted by atomic mass is 16.5. The van der Waals surface area contributed by atoms with E-state index in [0.29, 0.717) is 17.9 Å². The highest BCUT2D eigenvalue weighted by Gasteiger charge is 2.28. The summed E-state index contributed by atoms with van der Waals surface area (Å²) < 4.78 is 5.64. The lowest BCUT2D eigenvalue weighted by Crippen LogP contribution is -2.49. The topological polar surface area (TPSA) is 58.6 Å². The van der Waals surface area contributed by atoms with E-state index in [-0.39, 0.29) is 30.5 Å². The summed E-state index contributed by atoms with van der Waals surface area (Å²) in [5, 5.41) is 2.92. The van der Waals surface area contributed by atoms with Crippen molar-refractivity contribution in [2.24, 2.45) is 0 Å². The van der Waals surface area contributed by atoms with Crippen LogP contribution >= 0.6 is 0 Å². The first kappa shape index (κ1) is 20.3. The average molecular weight is 360 g/mol. The Balaban J connectivity index is 1.81. The van der Waals surface area contributed by atoms with E-state index in [9.17, 15) is 9.59 Å². The first-order valence-corrected chi connectivity index (χ1v) is 9.85. The molecule has 0 saturated carbocycles. The minimum Gasteiger partial charge on any atom is -0.484 e. The second-order valence-electron chi connectivity index (χ2n) is 7.21. The van der Waals surface area contributed by atoms with Crippen molar-refractivity contribution in [3.8, 4) is 5.75 Å². The molecule has 0 aliphatic carbocycles. The maximum atomic E-state index is 12.5. The Morgan fingerprint density at radius 2 is 1.77 bits per heavy atom. The Labute approximate surface area is 157 Å². The fraction of sp³-hybridized carbons (Fsp3) is 0.619. The summed E-state index contributed by atoms with van der Waals surface area (Å²) in [6, 6.07) is 7.51. The minimum atomic E-state index is -0.0697.